The van der Waals surface area contributed by atoms with Gasteiger partial charge in [-0.15, -0.1) is 0 Å². The molecule has 6 heteroatoms. The van der Waals surface area contributed by atoms with Crippen LogP contribution in [0.4, 0.5) is 10.8 Å². The standard InChI is InChI=1S/C18H23N3O2S/c1-3-13-7-4-5-9-15(13)21-18-20-12(2)16(24-18)17(22)19-11-14-8-6-10-23-14/h4-5,7,9,14H,3,6,8,10-11H2,1-2H3,(H,19,22)(H,20,21)/t14-/m0/s1. The maximum atomic E-state index is 12.4. The third kappa shape index (κ3) is 3.94. The summed E-state index contributed by atoms with van der Waals surface area (Å²) >= 11 is 1.39. The highest BCUT2D eigenvalue weighted by molar-refractivity contribution is 7.17. The largest absolute Gasteiger partial charge is 0.376 e. The smallest absolute Gasteiger partial charge is 0.263 e. The quantitative estimate of drug-likeness (QED) is 0.838. The van der Waals surface area contributed by atoms with Crippen LogP contribution >= 0.6 is 11.3 Å². The third-order valence-corrected chi connectivity index (χ3v) is 5.23. The summed E-state index contributed by atoms with van der Waals surface area (Å²) < 4.78 is 5.54. The highest BCUT2D eigenvalue weighted by Gasteiger charge is 2.19. The van der Waals surface area contributed by atoms with Gasteiger partial charge in [0, 0.05) is 18.8 Å². The molecule has 1 aliphatic heterocycles. The molecule has 2 aromatic rings. The normalized spacial score (nSPS) is 17.0. The SMILES string of the molecule is CCc1ccccc1Nc1nc(C)c(C(=O)NC[C@@H]2CCCO2)s1. The van der Waals surface area contributed by atoms with Crippen LogP contribution in [-0.4, -0.2) is 30.1 Å². The van der Waals surface area contributed by atoms with Crippen molar-refractivity contribution in [3.05, 3.63) is 40.4 Å². The molecule has 1 aliphatic rings. The molecule has 2 heterocycles. The number of carbonyl (C=O) groups excluding carboxylic acids is 1. The molecule has 1 aromatic heterocycles. The van der Waals surface area contributed by atoms with Crippen LogP contribution in [0.15, 0.2) is 24.3 Å². The van der Waals surface area contributed by atoms with Gasteiger partial charge in [-0.25, -0.2) is 4.98 Å². The minimum atomic E-state index is -0.0719. The molecule has 0 aliphatic carbocycles. The molecule has 2 N–H and O–H groups in total. The fourth-order valence-corrected chi connectivity index (χ4v) is 3.71. The minimum absolute atomic E-state index is 0.0719. The molecule has 3 rings (SSSR count). The van der Waals surface area contributed by atoms with Gasteiger partial charge in [-0.2, -0.15) is 0 Å². The summed E-state index contributed by atoms with van der Waals surface area (Å²) in [5.41, 5.74) is 3.02. The Labute approximate surface area is 146 Å². The Kier molecular flexibility index (Phi) is 5.48. The van der Waals surface area contributed by atoms with Crippen molar-refractivity contribution in [1.29, 1.82) is 0 Å². The number of anilines is 2. The molecule has 0 unspecified atom stereocenters. The number of thiazole rings is 1. The van der Waals surface area contributed by atoms with E-state index in [1.807, 2.05) is 25.1 Å². The molecule has 5 nitrogen and oxygen atoms in total. The van der Waals surface area contributed by atoms with Gasteiger partial charge >= 0.3 is 0 Å². The summed E-state index contributed by atoms with van der Waals surface area (Å²) in [6, 6.07) is 8.16. The number of nitrogens with one attached hydrogen (secondary N) is 2. The second-order valence-electron chi connectivity index (χ2n) is 5.91. The summed E-state index contributed by atoms with van der Waals surface area (Å²) in [6.45, 7) is 5.36. The number of hydrogen-bond acceptors (Lipinski definition) is 5. The molecule has 0 spiro atoms. The first-order chi connectivity index (χ1) is 11.7. The molecule has 1 fully saturated rings. The minimum Gasteiger partial charge on any atom is -0.376 e. The van der Waals surface area contributed by atoms with E-state index in [-0.39, 0.29) is 12.0 Å². The molecule has 24 heavy (non-hydrogen) atoms. The molecular weight excluding hydrogens is 322 g/mol. The summed E-state index contributed by atoms with van der Waals surface area (Å²) in [6.07, 6.45) is 3.19. The first-order valence-corrected chi connectivity index (χ1v) is 9.21. The zero-order chi connectivity index (χ0) is 16.9. The molecule has 1 saturated heterocycles. The van der Waals surface area contributed by atoms with Crippen molar-refractivity contribution < 1.29 is 9.53 Å². The number of ether oxygens (including phenoxy) is 1. The van der Waals surface area contributed by atoms with Crippen LogP contribution < -0.4 is 10.6 Å². The van der Waals surface area contributed by atoms with E-state index < -0.39 is 0 Å². The van der Waals surface area contributed by atoms with E-state index in [4.69, 9.17) is 4.74 Å². The molecule has 0 radical (unpaired) electrons. The van der Waals surface area contributed by atoms with E-state index in [9.17, 15) is 4.79 Å². The Morgan fingerprint density at radius 3 is 3.00 bits per heavy atom. The van der Waals surface area contributed by atoms with Crippen LogP contribution in [0.25, 0.3) is 0 Å². The monoisotopic (exact) mass is 345 g/mol. The highest BCUT2D eigenvalue weighted by atomic mass is 32.1. The lowest BCUT2D eigenvalue weighted by molar-refractivity contribution is 0.0860. The van der Waals surface area contributed by atoms with Crippen molar-refractivity contribution in [2.24, 2.45) is 0 Å². The van der Waals surface area contributed by atoms with Gasteiger partial charge < -0.3 is 15.4 Å². The van der Waals surface area contributed by atoms with E-state index in [0.717, 1.165) is 42.4 Å². The molecular formula is C18H23N3O2S. The number of amides is 1. The number of rotatable bonds is 6. The van der Waals surface area contributed by atoms with E-state index in [1.165, 1.54) is 16.9 Å². The maximum absolute atomic E-state index is 12.4. The molecule has 0 saturated carbocycles. The van der Waals surface area contributed by atoms with Crippen molar-refractivity contribution in [1.82, 2.24) is 10.3 Å². The van der Waals surface area contributed by atoms with Gasteiger partial charge in [0.2, 0.25) is 0 Å². The van der Waals surface area contributed by atoms with E-state index in [0.29, 0.717) is 11.4 Å². The summed E-state index contributed by atoms with van der Waals surface area (Å²) in [7, 11) is 0. The fourth-order valence-electron chi connectivity index (χ4n) is 2.82. The van der Waals surface area contributed by atoms with E-state index in [2.05, 4.69) is 28.6 Å². The van der Waals surface area contributed by atoms with Gasteiger partial charge in [-0.3, -0.25) is 4.79 Å². The van der Waals surface area contributed by atoms with Crippen LogP contribution in [0.3, 0.4) is 0 Å². The lowest BCUT2D eigenvalue weighted by Gasteiger charge is -2.10. The van der Waals surface area contributed by atoms with Crippen LogP contribution in [0.5, 0.6) is 0 Å². The predicted octanol–water partition coefficient (Wildman–Crippen LogP) is 3.67. The maximum Gasteiger partial charge on any atom is 0.263 e. The first kappa shape index (κ1) is 16.9. The van der Waals surface area contributed by atoms with Gasteiger partial charge in [0.25, 0.3) is 5.91 Å². The van der Waals surface area contributed by atoms with Crippen LogP contribution in [0, 0.1) is 6.92 Å². The average Bonchev–Trinajstić information content (AvgIpc) is 3.23. The third-order valence-electron chi connectivity index (χ3n) is 4.16. The number of nitrogens with zero attached hydrogens (tertiary/aromatic N) is 1. The Morgan fingerprint density at radius 1 is 1.42 bits per heavy atom. The second-order valence-corrected chi connectivity index (χ2v) is 6.91. The van der Waals surface area contributed by atoms with E-state index >= 15 is 0 Å². The van der Waals surface area contributed by atoms with Gasteiger partial charge in [0.1, 0.15) is 4.88 Å². The predicted molar refractivity (Wildman–Crippen MR) is 97.3 cm³/mol. The number of hydrogen-bond donors (Lipinski definition) is 2. The number of aryl methyl sites for hydroxylation is 2. The molecule has 1 aromatic carbocycles. The zero-order valence-corrected chi connectivity index (χ0v) is 14.9. The average molecular weight is 345 g/mol. The molecule has 128 valence electrons. The Morgan fingerprint density at radius 2 is 2.25 bits per heavy atom. The lowest BCUT2D eigenvalue weighted by Crippen LogP contribution is -2.31. The van der Waals surface area contributed by atoms with Gasteiger partial charge in [-0.1, -0.05) is 36.5 Å². The Bertz CT molecular complexity index is 708. The molecule has 0 bridgehead atoms. The van der Waals surface area contributed by atoms with Gasteiger partial charge in [-0.05, 0) is 37.8 Å². The Balaban J connectivity index is 1.66. The topological polar surface area (TPSA) is 63.2 Å². The number of aromatic nitrogens is 1. The van der Waals surface area contributed by atoms with Gasteiger partial charge in [0.15, 0.2) is 5.13 Å². The second kappa shape index (κ2) is 7.77. The lowest BCUT2D eigenvalue weighted by atomic mass is 10.1. The summed E-state index contributed by atoms with van der Waals surface area (Å²) in [4.78, 5) is 17.5. The van der Waals surface area contributed by atoms with Crippen molar-refractivity contribution in [3.8, 4) is 0 Å². The van der Waals surface area contributed by atoms with Crippen LogP contribution in [-0.2, 0) is 11.2 Å². The van der Waals surface area contributed by atoms with Crippen molar-refractivity contribution in [3.63, 3.8) is 0 Å². The van der Waals surface area contributed by atoms with Crippen LogP contribution in [0.2, 0.25) is 0 Å². The van der Waals surface area contributed by atoms with Crippen LogP contribution in [0.1, 0.15) is 40.7 Å². The summed E-state index contributed by atoms with van der Waals surface area (Å²) in [5.74, 6) is -0.0719. The molecule has 1 amide bonds. The summed E-state index contributed by atoms with van der Waals surface area (Å²) in [5, 5.41) is 7.05. The number of benzene rings is 1. The van der Waals surface area contributed by atoms with Crippen molar-refractivity contribution in [2.75, 3.05) is 18.5 Å². The molecule has 1 atom stereocenters. The number of para-hydroxylation sites is 1. The van der Waals surface area contributed by atoms with Gasteiger partial charge in [0.05, 0.1) is 11.8 Å². The zero-order valence-electron chi connectivity index (χ0n) is 14.1. The first-order valence-electron chi connectivity index (χ1n) is 8.39. The van der Waals surface area contributed by atoms with Crippen molar-refractivity contribution in [2.45, 2.75) is 39.2 Å². The van der Waals surface area contributed by atoms with Crippen molar-refractivity contribution >= 4 is 28.1 Å². The van der Waals surface area contributed by atoms with E-state index in [1.54, 1.807) is 0 Å². The Hall–Kier alpha value is -1.92. The number of carbonyl (C=O) groups is 1. The fraction of sp³-hybridized carbons (Fsp3) is 0.444. The highest BCUT2D eigenvalue weighted by Crippen LogP contribution is 2.27.